The van der Waals surface area contributed by atoms with E-state index in [-0.39, 0.29) is 23.2 Å². The zero-order valence-corrected chi connectivity index (χ0v) is 10.8. The molecular formula is C14H21N3O. The quantitative estimate of drug-likeness (QED) is 0.637. The first-order valence-electron chi connectivity index (χ1n) is 6.82. The molecule has 0 saturated carbocycles. The van der Waals surface area contributed by atoms with Crippen molar-refractivity contribution in [2.24, 2.45) is 17.1 Å². The van der Waals surface area contributed by atoms with Gasteiger partial charge in [0, 0.05) is 35.2 Å². The van der Waals surface area contributed by atoms with Crippen LogP contribution in [0.25, 0.3) is 0 Å². The first kappa shape index (κ1) is 11.9. The Morgan fingerprint density at radius 3 is 3.22 bits per heavy atom. The SMILES string of the molecule is CC(N)CC1CC23C=CCCC2NNC3=CC1=O. The van der Waals surface area contributed by atoms with E-state index in [1.807, 2.05) is 6.92 Å². The Balaban J connectivity index is 1.94. The van der Waals surface area contributed by atoms with Crippen molar-refractivity contribution in [1.82, 2.24) is 10.9 Å². The van der Waals surface area contributed by atoms with Gasteiger partial charge in [-0.15, -0.1) is 0 Å². The van der Waals surface area contributed by atoms with Crippen LogP contribution in [0.4, 0.5) is 0 Å². The van der Waals surface area contributed by atoms with Crippen molar-refractivity contribution in [1.29, 1.82) is 0 Å². The van der Waals surface area contributed by atoms with E-state index in [0.717, 1.165) is 31.4 Å². The third kappa shape index (κ3) is 1.71. The highest BCUT2D eigenvalue weighted by molar-refractivity contribution is 5.94. The van der Waals surface area contributed by atoms with Crippen LogP contribution >= 0.6 is 0 Å². The third-order valence-corrected chi connectivity index (χ3v) is 4.47. The normalized spacial score (nSPS) is 39.7. The fraction of sp³-hybridized carbons (Fsp3) is 0.643. The van der Waals surface area contributed by atoms with E-state index in [0.29, 0.717) is 6.04 Å². The van der Waals surface area contributed by atoms with E-state index in [1.54, 1.807) is 6.08 Å². The average molecular weight is 247 g/mol. The molecule has 18 heavy (non-hydrogen) atoms. The van der Waals surface area contributed by atoms with Gasteiger partial charge in [-0.2, -0.15) is 0 Å². The molecule has 4 atom stereocenters. The maximum atomic E-state index is 12.1. The second kappa shape index (κ2) is 4.21. The lowest BCUT2D eigenvalue weighted by atomic mass is 9.64. The van der Waals surface area contributed by atoms with Gasteiger partial charge in [0.15, 0.2) is 5.78 Å². The van der Waals surface area contributed by atoms with Gasteiger partial charge in [-0.3, -0.25) is 4.79 Å². The highest BCUT2D eigenvalue weighted by atomic mass is 16.1. The van der Waals surface area contributed by atoms with Crippen molar-refractivity contribution in [2.75, 3.05) is 0 Å². The predicted octanol–water partition coefficient (Wildman–Crippen LogP) is 1.01. The lowest BCUT2D eigenvalue weighted by molar-refractivity contribution is -0.120. The molecule has 4 nitrogen and oxygen atoms in total. The van der Waals surface area contributed by atoms with E-state index < -0.39 is 0 Å². The molecule has 4 unspecified atom stereocenters. The number of ketones is 1. The number of allylic oxidation sites excluding steroid dienone is 2. The summed E-state index contributed by atoms with van der Waals surface area (Å²) in [6, 6.07) is 0.496. The van der Waals surface area contributed by atoms with Gasteiger partial charge >= 0.3 is 0 Å². The fourth-order valence-electron chi connectivity index (χ4n) is 3.60. The fourth-order valence-corrected chi connectivity index (χ4v) is 3.60. The van der Waals surface area contributed by atoms with Crippen LogP contribution in [0, 0.1) is 11.3 Å². The summed E-state index contributed by atoms with van der Waals surface area (Å²) in [4.78, 5) is 12.1. The lowest BCUT2D eigenvalue weighted by Gasteiger charge is -2.39. The van der Waals surface area contributed by atoms with Crippen LogP contribution < -0.4 is 16.6 Å². The molecule has 3 aliphatic rings. The summed E-state index contributed by atoms with van der Waals surface area (Å²) < 4.78 is 0. The smallest absolute Gasteiger partial charge is 0.160 e. The van der Waals surface area contributed by atoms with E-state index in [9.17, 15) is 4.79 Å². The summed E-state index contributed by atoms with van der Waals surface area (Å²) in [5.41, 5.74) is 13.5. The van der Waals surface area contributed by atoms with Crippen LogP contribution in [0.15, 0.2) is 23.9 Å². The topological polar surface area (TPSA) is 67.2 Å². The molecule has 0 bridgehead atoms. The molecule has 1 heterocycles. The highest BCUT2D eigenvalue weighted by Crippen LogP contribution is 2.48. The van der Waals surface area contributed by atoms with Crippen LogP contribution in [0.3, 0.4) is 0 Å². The molecule has 0 aromatic rings. The number of carbonyl (C=O) groups is 1. The summed E-state index contributed by atoms with van der Waals surface area (Å²) in [5.74, 6) is 0.294. The summed E-state index contributed by atoms with van der Waals surface area (Å²) in [6.45, 7) is 1.98. The molecule has 98 valence electrons. The molecule has 3 rings (SSSR count). The van der Waals surface area contributed by atoms with Gasteiger partial charge in [0.1, 0.15) is 0 Å². The van der Waals surface area contributed by atoms with Crippen molar-refractivity contribution in [3.8, 4) is 0 Å². The minimum atomic E-state index is 0.00567. The van der Waals surface area contributed by atoms with Crippen LogP contribution in [0.5, 0.6) is 0 Å². The number of hydrogen-bond acceptors (Lipinski definition) is 4. The standard InChI is InChI=1S/C14H21N3O/c1-9(15)6-10-8-14-5-3-2-4-12(14)16-17-13(14)7-11(10)18/h3,5,7,9-10,12,16-17H,2,4,6,8,15H2,1H3. The largest absolute Gasteiger partial charge is 0.328 e. The molecule has 0 amide bonds. The Morgan fingerprint density at radius 1 is 1.61 bits per heavy atom. The Bertz CT molecular complexity index is 427. The van der Waals surface area contributed by atoms with Crippen LogP contribution in [0.1, 0.15) is 32.6 Å². The minimum absolute atomic E-state index is 0.00567. The Kier molecular flexibility index (Phi) is 2.79. The number of nitrogens with two attached hydrogens (primary N) is 1. The van der Waals surface area contributed by atoms with Gasteiger partial charge in [0.05, 0.1) is 0 Å². The minimum Gasteiger partial charge on any atom is -0.328 e. The molecule has 0 aromatic heterocycles. The number of nitrogens with one attached hydrogen (secondary N) is 2. The molecule has 0 aromatic carbocycles. The van der Waals surface area contributed by atoms with Crippen LogP contribution in [0.2, 0.25) is 0 Å². The molecule has 0 radical (unpaired) electrons. The summed E-state index contributed by atoms with van der Waals surface area (Å²) in [7, 11) is 0. The van der Waals surface area contributed by atoms with E-state index in [2.05, 4.69) is 23.0 Å². The van der Waals surface area contributed by atoms with Gasteiger partial charge in [-0.1, -0.05) is 12.2 Å². The number of hydrogen-bond donors (Lipinski definition) is 3. The van der Waals surface area contributed by atoms with Crippen molar-refractivity contribution in [3.05, 3.63) is 23.9 Å². The first-order valence-corrected chi connectivity index (χ1v) is 6.82. The zero-order valence-electron chi connectivity index (χ0n) is 10.8. The number of carbonyl (C=O) groups excluding carboxylic acids is 1. The summed E-state index contributed by atoms with van der Waals surface area (Å²) >= 11 is 0. The zero-order chi connectivity index (χ0) is 12.8. The molecule has 1 spiro atoms. The maximum absolute atomic E-state index is 12.1. The van der Waals surface area contributed by atoms with Crippen molar-refractivity contribution in [3.63, 3.8) is 0 Å². The molecule has 1 saturated heterocycles. The van der Waals surface area contributed by atoms with Gasteiger partial charge in [-0.25, -0.2) is 5.43 Å². The highest BCUT2D eigenvalue weighted by Gasteiger charge is 2.50. The molecule has 1 aliphatic heterocycles. The van der Waals surface area contributed by atoms with Crippen LogP contribution in [-0.4, -0.2) is 17.9 Å². The van der Waals surface area contributed by atoms with Gasteiger partial charge in [0.2, 0.25) is 0 Å². The number of rotatable bonds is 2. The van der Waals surface area contributed by atoms with Gasteiger partial charge in [-0.05, 0) is 32.6 Å². The Hall–Kier alpha value is -1.13. The van der Waals surface area contributed by atoms with Crippen molar-refractivity contribution >= 4 is 5.78 Å². The van der Waals surface area contributed by atoms with Crippen molar-refractivity contribution in [2.45, 2.75) is 44.7 Å². The van der Waals surface area contributed by atoms with Crippen LogP contribution in [-0.2, 0) is 4.79 Å². The molecule has 2 aliphatic carbocycles. The van der Waals surface area contributed by atoms with E-state index in [4.69, 9.17) is 5.73 Å². The maximum Gasteiger partial charge on any atom is 0.160 e. The Labute approximate surface area is 108 Å². The van der Waals surface area contributed by atoms with E-state index in [1.165, 1.54) is 0 Å². The monoisotopic (exact) mass is 247 g/mol. The number of hydrazine groups is 1. The first-order chi connectivity index (χ1) is 8.62. The molecular weight excluding hydrogens is 226 g/mol. The second-order valence-electron chi connectivity index (χ2n) is 5.92. The average Bonchev–Trinajstić information content (AvgIpc) is 2.68. The summed E-state index contributed by atoms with van der Waals surface area (Å²) in [6.07, 6.45) is 10.2. The second-order valence-corrected chi connectivity index (χ2v) is 5.92. The molecule has 4 heteroatoms. The van der Waals surface area contributed by atoms with Gasteiger partial charge in [0.25, 0.3) is 0 Å². The summed E-state index contributed by atoms with van der Waals surface area (Å²) in [5, 5.41) is 0. The molecule has 4 N–H and O–H groups in total. The Morgan fingerprint density at radius 2 is 2.44 bits per heavy atom. The van der Waals surface area contributed by atoms with E-state index >= 15 is 0 Å². The van der Waals surface area contributed by atoms with Crippen molar-refractivity contribution < 1.29 is 4.79 Å². The predicted molar refractivity (Wildman–Crippen MR) is 70.3 cm³/mol. The third-order valence-electron chi connectivity index (χ3n) is 4.47. The van der Waals surface area contributed by atoms with Gasteiger partial charge < -0.3 is 11.2 Å². The lowest BCUT2D eigenvalue weighted by Crippen LogP contribution is -2.43. The molecule has 1 fully saturated rings.